The van der Waals surface area contributed by atoms with Crippen LogP contribution < -0.4 is 4.74 Å². The second kappa shape index (κ2) is 7.93. The zero-order valence-corrected chi connectivity index (χ0v) is 16.8. The molecule has 33 heavy (non-hydrogen) atoms. The number of phenols is 5. The van der Waals surface area contributed by atoms with E-state index in [0.29, 0.717) is 0 Å². The Morgan fingerprint density at radius 2 is 1.55 bits per heavy atom. The van der Waals surface area contributed by atoms with E-state index in [2.05, 4.69) is 0 Å². The maximum absolute atomic E-state index is 12.7. The summed E-state index contributed by atoms with van der Waals surface area (Å²) in [5, 5.41) is 78.4. The molecule has 2 aromatic rings. The molecule has 0 saturated heterocycles. The quantitative estimate of drug-likeness (QED) is 0.247. The summed E-state index contributed by atoms with van der Waals surface area (Å²) < 4.78 is 11.4. The lowest BCUT2D eigenvalue weighted by Crippen LogP contribution is -2.45. The van der Waals surface area contributed by atoms with Gasteiger partial charge in [-0.15, -0.1) is 0 Å². The van der Waals surface area contributed by atoms with Gasteiger partial charge in [0.05, 0.1) is 5.56 Å². The second-order valence-electron chi connectivity index (χ2n) is 7.75. The van der Waals surface area contributed by atoms with Crippen LogP contribution in [0.15, 0.2) is 47.6 Å². The molecule has 2 aromatic carbocycles. The van der Waals surface area contributed by atoms with E-state index in [1.54, 1.807) is 0 Å². The number of ether oxygens (including phenoxy) is 2. The van der Waals surface area contributed by atoms with Crippen molar-refractivity contribution in [3.63, 3.8) is 0 Å². The molecule has 1 unspecified atom stereocenters. The monoisotopic (exact) mass is 460 g/mol. The lowest BCUT2D eigenvalue weighted by atomic mass is 9.85. The molecule has 0 saturated carbocycles. The fraction of sp³-hybridized carbons (Fsp3) is 0.227. The number of hydrogen-bond donors (Lipinski definition) is 8. The van der Waals surface area contributed by atoms with Crippen molar-refractivity contribution in [1.29, 1.82) is 0 Å². The Bertz CT molecular complexity index is 1170. The molecule has 0 bridgehead atoms. The number of aliphatic hydroxyl groups is 3. The Hall–Kier alpha value is -4.41. The van der Waals surface area contributed by atoms with E-state index in [0.717, 1.165) is 18.2 Å². The molecular weight excluding hydrogens is 440 g/mol. The molecule has 0 amide bonds. The molecule has 0 radical (unpaired) electrons. The van der Waals surface area contributed by atoms with Crippen LogP contribution in [-0.4, -0.2) is 59.0 Å². The van der Waals surface area contributed by atoms with E-state index in [-0.39, 0.29) is 41.2 Å². The van der Waals surface area contributed by atoms with Gasteiger partial charge in [-0.1, -0.05) is 0 Å². The summed E-state index contributed by atoms with van der Waals surface area (Å²) in [6.07, 6.45) is -1.20. The molecule has 1 heterocycles. The predicted octanol–water partition coefficient (Wildman–Crippen LogP) is 2.53. The van der Waals surface area contributed by atoms with Gasteiger partial charge in [0, 0.05) is 36.5 Å². The standard InChI is InChI=1S/C22H20O11/c23-10-5-12(24)11-7-18(33-22(31)9-3-15(27)20(30)16(28)4-9)21(32-17(11)6-10)8-1-13(25)19(29)14(26)2-8/h1,3-6,8,18,21,23-30H,2,7H2/t8?,18-,21+/m0/s1. The minimum absolute atomic E-state index is 0.0878. The predicted molar refractivity (Wildman–Crippen MR) is 110 cm³/mol. The normalized spacial score (nSPS) is 22.2. The number of rotatable bonds is 3. The van der Waals surface area contributed by atoms with Crippen molar-refractivity contribution in [2.24, 2.45) is 5.92 Å². The van der Waals surface area contributed by atoms with Crippen molar-refractivity contribution in [2.45, 2.75) is 25.0 Å². The van der Waals surface area contributed by atoms with Crippen LogP contribution in [0.3, 0.4) is 0 Å². The molecular formula is C22H20O11. The smallest absolute Gasteiger partial charge is 0.338 e. The van der Waals surface area contributed by atoms with E-state index < -0.39 is 58.6 Å². The molecule has 11 heteroatoms. The van der Waals surface area contributed by atoms with Gasteiger partial charge in [-0.2, -0.15) is 0 Å². The lowest BCUT2D eigenvalue weighted by molar-refractivity contribution is -0.0333. The molecule has 0 spiro atoms. The number of carbonyl (C=O) groups excluding carboxylic acids is 1. The van der Waals surface area contributed by atoms with Crippen LogP contribution in [0.25, 0.3) is 0 Å². The molecule has 1 aliphatic carbocycles. The Morgan fingerprint density at radius 3 is 2.18 bits per heavy atom. The zero-order chi connectivity index (χ0) is 24.0. The Labute approximate surface area is 185 Å². The summed E-state index contributed by atoms with van der Waals surface area (Å²) in [4.78, 5) is 12.7. The highest BCUT2D eigenvalue weighted by molar-refractivity contribution is 5.91. The van der Waals surface area contributed by atoms with Crippen LogP contribution in [0, 0.1) is 5.92 Å². The minimum Gasteiger partial charge on any atom is -0.508 e. The molecule has 174 valence electrons. The van der Waals surface area contributed by atoms with Gasteiger partial charge in [-0.25, -0.2) is 4.79 Å². The summed E-state index contributed by atoms with van der Waals surface area (Å²) in [7, 11) is 0. The van der Waals surface area contributed by atoms with Gasteiger partial charge in [-0.05, 0) is 18.2 Å². The first-order valence-electron chi connectivity index (χ1n) is 9.74. The summed E-state index contributed by atoms with van der Waals surface area (Å²) in [6, 6.07) is 4.10. The van der Waals surface area contributed by atoms with Gasteiger partial charge in [0.25, 0.3) is 0 Å². The molecule has 11 nitrogen and oxygen atoms in total. The first-order chi connectivity index (χ1) is 15.5. The van der Waals surface area contributed by atoms with E-state index in [4.69, 9.17) is 9.47 Å². The largest absolute Gasteiger partial charge is 0.508 e. The summed E-state index contributed by atoms with van der Waals surface area (Å²) in [5.41, 5.74) is -0.0606. The minimum atomic E-state index is -1.11. The van der Waals surface area contributed by atoms with Crippen molar-refractivity contribution in [1.82, 2.24) is 0 Å². The number of aromatic hydroxyl groups is 5. The average molecular weight is 460 g/mol. The van der Waals surface area contributed by atoms with Crippen LogP contribution >= 0.6 is 0 Å². The Balaban J connectivity index is 1.69. The highest BCUT2D eigenvalue weighted by Gasteiger charge is 2.41. The molecule has 0 aromatic heterocycles. The number of aliphatic hydroxyl groups excluding tert-OH is 3. The van der Waals surface area contributed by atoms with Crippen molar-refractivity contribution in [3.8, 4) is 34.5 Å². The topological polar surface area (TPSA) is 197 Å². The van der Waals surface area contributed by atoms with Crippen molar-refractivity contribution in [3.05, 3.63) is 58.7 Å². The van der Waals surface area contributed by atoms with Gasteiger partial charge in [0.2, 0.25) is 0 Å². The van der Waals surface area contributed by atoms with Gasteiger partial charge in [0.1, 0.15) is 35.2 Å². The van der Waals surface area contributed by atoms with E-state index in [1.165, 1.54) is 12.1 Å². The summed E-state index contributed by atoms with van der Waals surface area (Å²) in [5.74, 6) is -6.41. The third kappa shape index (κ3) is 3.95. The van der Waals surface area contributed by atoms with E-state index in [1.807, 2.05) is 0 Å². The fourth-order valence-corrected chi connectivity index (χ4v) is 3.89. The number of phenolic OH excluding ortho intramolecular Hbond substituents is 5. The number of fused-ring (bicyclic) bond motifs is 1. The third-order valence-electron chi connectivity index (χ3n) is 5.51. The summed E-state index contributed by atoms with van der Waals surface area (Å²) >= 11 is 0. The Kier molecular flexibility index (Phi) is 5.24. The third-order valence-corrected chi connectivity index (χ3v) is 5.51. The number of allylic oxidation sites excluding steroid dienone is 1. The van der Waals surface area contributed by atoms with Gasteiger partial charge in [-0.3, -0.25) is 0 Å². The van der Waals surface area contributed by atoms with Gasteiger partial charge in [0.15, 0.2) is 28.8 Å². The van der Waals surface area contributed by atoms with Gasteiger partial charge < -0.3 is 50.3 Å². The second-order valence-corrected chi connectivity index (χ2v) is 7.75. The lowest BCUT2D eigenvalue weighted by Gasteiger charge is -2.37. The van der Waals surface area contributed by atoms with Crippen molar-refractivity contribution < 1.29 is 55.1 Å². The first kappa shape index (κ1) is 21.8. The van der Waals surface area contributed by atoms with Crippen LogP contribution in [0.1, 0.15) is 22.3 Å². The highest BCUT2D eigenvalue weighted by Crippen LogP contribution is 2.42. The molecule has 4 rings (SSSR count). The summed E-state index contributed by atoms with van der Waals surface area (Å²) in [6.45, 7) is 0. The first-order valence-corrected chi connectivity index (χ1v) is 9.74. The van der Waals surface area contributed by atoms with Crippen LogP contribution in [-0.2, 0) is 11.2 Å². The van der Waals surface area contributed by atoms with E-state index in [9.17, 15) is 45.6 Å². The van der Waals surface area contributed by atoms with Gasteiger partial charge >= 0.3 is 5.97 Å². The molecule has 8 N–H and O–H groups in total. The number of benzene rings is 2. The van der Waals surface area contributed by atoms with Crippen LogP contribution in [0.2, 0.25) is 0 Å². The number of hydrogen-bond acceptors (Lipinski definition) is 11. The zero-order valence-electron chi connectivity index (χ0n) is 16.8. The molecule has 0 fully saturated rings. The van der Waals surface area contributed by atoms with Crippen LogP contribution in [0.4, 0.5) is 0 Å². The van der Waals surface area contributed by atoms with E-state index >= 15 is 0 Å². The molecule has 2 aliphatic rings. The fourth-order valence-electron chi connectivity index (χ4n) is 3.89. The van der Waals surface area contributed by atoms with Crippen LogP contribution in [0.5, 0.6) is 34.5 Å². The number of carbonyl (C=O) groups is 1. The van der Waals surface area contributed by atoms with Crippen molar-refractivity contribution in [2.75, 3.05) is 0 Å². The number of esters is 1. The maximum Gasteiger partial charge on any atom is 0.338 e. The average Bonchev–Trinajstić information content (AvgIpc) is 2.75. The highest BCUT2D eigenvalue weighted by atomic mass is 16.6. The molecule has 3 atom stereocenters. The molecule has 1 aliphatic heterocycles. The maximum atomic E-state index is 12.7. The van der Waals surface area contributed by atoms with Crippen molar-refractivity contribution >= 4 is 5.97 Å². The Morgan fingerprint density at radius 1 is 0.879 bits per heavy atom. The SMILES string of the molecule is O=C(O[C@H]1Cc2c(O)cc(O)cc2O[C@@H]1C1C=C(O)C(O)=C(O)C1)c1cc(O)c(O)c(O)c1.